The maximum absolute atomic E-state index is 12.1. The quantitative estimate of drug-likeness (QED) is 0.256. The molecule has 0 radical (unpaired) electrons. The van der Waals surface area contributed by atoms with Gasteiger partial charge in [-0.25, -0.2) is 4.79 Å². The van der Waals surface area contributed by atoms with E-state index < -0.39 is 0 Å². The summed E-state index contributed by atoms with van der Waals surface area (Å²) in [5.41, 5.74) is 4.44. The summed E-state index contributed by atoms with van der Waals surface area (Å²) in [6, 6.07) is 27.9. The standard InChI is InChI=1S/C26H21N3O2S/c1-18-12-13-22-20(16-25(30)31-23(22)14-18)17-32-26-28-27-24(15-19-8-4-2-5-9-19)29(26)21-10-6-3-7-11-21/h2-14,16H,15,17H2,1H3. The molecule has 6 heteroatoms. The summed E-state index contributed by atoms with van der Waals surface area (Å²) < 4.78 is 7.49. The molecule has 0 atom stereocenters. The zero-order valence-corrected chi connectivity index (χ0v) is 18.4. The van der Waals surface area contributed by atoms with Gasteiger partial charge in [0.15, 0.2) is 5.16 Å². The molecule has 0 bridgehead atoms. The molecular weight excluding hydrogens is 418 g/mol. The molecule has 0 saturated heterocycles. The van der Waals surface area contributed by atoms with Gasteiger partial charge in [0, 0.05) is 29.3 Å². The van der Waals surface area contributed by atoms with Crippen molar-refractivity contribution in [2.24, 2.45) is 0 Å². The van der Waals surface area contributed by atoms with Crippen molar-refractivity contribution in [2.45, 2.75) is 24.3 Å². The van der Waals surface area contributed by atoms with Gasteiger partial charge in [-0.05, 0) is 41.8 Å². The summed E-state index contributed by atoms with van der Waals surface area (Å²) in [7, 11) is 0. The van der Waals surface area contributed by atoms with E-state index in [-0.39, 0.29) is 5.63 Å². The minimum Gasteiger partial charge on any atom is -0.423 e. The Balaban J connectivity index is 1.51. The molecule has 0 saturated carbocycles. The summed E-state index contributed by atoms with van der Waals surface area (Å²) >= 11 is 1.56. The van der Waals surface area contributed by atoms with Crippen molar-refractivity contribution < 1.29 is 4.42 Å². The molecule has 0 aliphatic carbocycles. The van der Waals surface area contributed by atoms with Crippen LogP contribution >= 0.6 is 11.8 Å². The Bertz CT molecular complexity index is 1430. The zero-order valence-electron chi connectivity index (χ0n) is 17.6. The second-order valence-corrected chi connectivity index (χ2v) is 8.55. The predicted octanol–water partition coefficient (Wildman–Crippen LogP) is 5.57. The number of rotatable bonds is 6. The minimum absolute atomic E-state index is 0.340. The van der Waals surface area contributed by atoms with Crippen molar-refractivity contribution in [3.05, 3.63) is 118 Å². The molecule has 2 heterocycles. The highest BCUT2D eigenvalue weighted by molar-refractivity contribution is 7.98. The Labute approximate surface area is 189 Å². The molecule has 3 aromatic carbocycles. The van der Waals surface area contributed by atoms with Crippen molar-refractivity contribution in [3.8, 4) is 5.69 Å². The van der Waals surface area contributed by atoms with E-state index in [1.54, 1.807) is 17.8 Å². The first-order chi connectivity index (χ1) is 15.7. The SMILES string of the molecule is Cc1ccc2c(CSc3nnc(Cc4ccccc4)n3-c3ccccc3)cc(=O)oc2c1. The van der Waals surface area contributed by atoms with Gasteiger partial charge in [0.1, 0.15) is 11.4 Å². The van der Waals surface area contributed by atoms with Gasteiger partial charge in [-0.3, -0.25) is 4.57 Å². The van der Waals surface area contributed by atoms with Crippen molar-refractivity contribution in [2.75, 3.05) is 0 Å². The summed E-state index contributed by atoms with van der Waals surface area (Å²) in [6.07, 6.45) is 0.681. The number of aromatic nitrogens is 3. The van der Waals surface area contributed by atoms with Crippen LogP contribution in [-0.2, 0) is 12.2 Å². The number of aryl methyl sites for hydroxylation is 1. The normalized spacial score (nSPS) is 11.2. The zero-order chi connectivity index (χ0) is 21.9. The molecule has 0 unspecified atom stereocenters. The molecule has 158 valence electrons. The third-order valence-electron chi connectivity index (χ3n) is 5.26. The number of hydrogen-bond donors (Lipinski definition) is 0. The molecule has 5 rings (SSSR count). The topological polar surface area (TPSA) is 60.9 Å². The molecule has 0 aliphatic heterocycles. The number of hydrogen-bond acceptors (Lipinski definition) is 5. The molecule has 5 nitrogen and oxygen atoms in total. The van der Waals surface area contributed by atoms with Crippen LogP contribution in [0.2, 0.25) is 0 Å². The van der Waals surface area contributed by atoms with Gasteiger partial charge in [-0.1, -0.05) is 72.4 Å². The summed E-state index contributed by atoms with van der Waals surface area (Å²) in [5, 5.41) is 10.7. The lowest BCUT2D eigenvalue weighted by atomic mass is 10.1. The van der Waals surface area contributed by atoms with E-state index in [0.717, 1.165) is 33.2 Å². The van der Waals surface area contributed by atoms with Gasteiger partial charge in [0.05, 0.1) is 0 Å². The summed E-state index contributed by atoms with van der Waals surface area (Å²) in [6.45, 7) is 1.98. The molecule has 0 amide bonds. The molecule has 0 fully saturated rings. The van der Waals surface area contributed by atoms with E-state index in [0.29, 0.717) is 17.8 Å². The van der Waals surface area contributed by atoms with Crippen LogP contribution in [0.1, 0.15) is 22.5 Å². The van der Waals surface area contributed by atoms with Crippen LogP contribution in [0.15, 0.2) is 99.3 Å². The largest absolute Gasteiger partial charge is 0.423 e. The van der Waals surface area contributed by atoms with Gasteiger partial charge in [0.2, 0.25) is 0 Å². The van der Waals surface area contributed by atoms with Crippen molar-refractivity contribution in [1.82, 2.24) is 14.8 Å². The lowest BCUT2D eigenvalue weighted by Gasteiger charge is -2.11. The molecule has 0 aliphatic rings. The fourth-order valence-corrected chi connectivity index (χ4v) is 4.68. The Morgan fingerprint density at radius 2 is 1.66 bits per heavy atom. The lowest BCUT2D eigenvalue weighted by Crippen LogP contribution is -2.04. The third kappa shape index (κ3) is 4.22. The van der Waals surface area contributed by atoms with Gasteiger partial charge in [-0.15, -0.1) is 10.2 Å². The fraction of sp³-hybridized carbons (Fsp3) is 0.115. The molecule has 32 heavy (non-hydrogen) atoms. The second kappa shape index (κ2) is 8.85. The van der Waals surface area contributed by atoms with Crippen LogP contribution in [0, 0.1) is 6.92 Å². The summed E-state index contributed by atoms with van der Waals surface area (Å²) in [4.78, 5) is 12.1. The van der Waals surface area contributed by atoms with Crippen molar-refractivity contribution >= 4 is 22.7 Å². The average molecular weight is 440 g/mol. The number of para-hydroxylation sites is 1. The van der Waals surface area contributed by atoms with Crippen LogP contribution in [0.25, 0.3) is 16.7 Å². The highest BCUT2D eigenvalue weighted by Gasteiger charge is 2.16. The Morgan fingerprint density at radius 3 is 2.44 bits per heavy atom. The first-order valence-corrected chi connectivity index (χ1v) is 11.4. The number of fused-ring (bicyclic) bond motifs is 1. The Hall–Kier alpha value is -3.64. The Kier molecular flexibility index (Phi) is 5.60. The van der Waals surface area contributed by atoms with Gasteiger partial charge in [-0.2, -0.15) is 0 Å². The van der Waals surface area contributed by atoms with Crippen molar-refractivity contribution in [3.63, 3.8) is 0 Å². The third-order valence-corrected chi connectivity index (χ3v) is 6.24. The number of nitrogens with zero attached hydrogens (tertiary/aromatic N) is 3. The van der Waals surface area contributed by atoms with Gasteiger partial charge < -0.3 is 4.42 Å². The van der Waals surface area contributed by atoms with E-state index in [2.05, 4.69) is 39.0 Å². The van der Waals surface area contributed by atoms with Crippen LogP contribution < -0.4 is 5.63 Å². The van der Waals surface area contributed by atoms with E-state index in [4.69, 9.17) is 4.42 Å². The second-order valence-electron chi connectivity index (χ2n) is 7.61. The van der Waals surface area contributed by atoms with E-state index in [9.17, 15) is 4.79 Å². The highest BCUT2D eigenvalue weighted by Crippen LogP contribution is 2.29. The van der Waals surface area contributed by atoms with Gasteiger partial charge in [0.25, 0.3) is 0 Å². The van der Waals surface area contributed by atoms with Crippen molar-refractivity contribution in [1.29, 1.82) is 0 Å². The first-order valence-electron chi connectivity index (χ1n) is 10.4. The average Bonchev–Trinajstić information content (AvgIpc) is 3.20. The number of benzene rings is 3. The molecule has 0 spiro atoms. The molecule has 2 aromatic heterocycles. The van der Waals surface area contributed by atoms with Crippen LogP contribution in [0.4, 0.5) is 0 Å². The highest BCUT2D eigenvalue weighted by atomic mass is 32.2. The fourth-order valence-electron chi connectivity index (χ4n) is 3.72. The maximum atomic E-state index is 12.1. The monoisotopic (exact) mass is 439 g/mol. The summed E-state index contributed by atoms with van der Waals surface area (Å²) in [5.74, 6) is 1.46. The van der Waals surface area contributed by atoms with E-state index >= 15 is 0 Å². The van der Waals surface area contributed by atoms with E-state index in [1.165, 1.54) is 5.56 Å². The first kappa shape index (κ1) is 20.3. The van der Waals surface area contributed by atoms with Gasteiger partial charge >= 0.3 is 5.63 Å². The number of thioether (sulfide) groups is 1. The van der Waals surface area contributed by atoms with Crippen LogP contribution in [-0.4, -0.2) is 14.8 Å². The molecular formula is C26H21N3O2S. The van der Waals surface area contributed by atoms with Crippen LogP contribution in [0.3, 0.4) is 0 Å². The minimum atomic E-state index is -0.340. The smallest absolute Gasteiger partial charge is 0.336 e. The Morgan fingerprint density at radius 1 is 0.906 bits per heavy atom. The predicted molar refractivity (Wildman–Crippen MR) is 127 cm³/mol. The maximum Gasteiger partial charge on any atom is 0.336 e. The molecule has 5 aromatic rings. The molecule has 0 N–H and O–H groups in total. The lowest BCUT2D eigenvalue weighted by molar-refractivity contribution is 0.559. The van der Waals surface area contributed by atoms with E-state index in [1.807, 2.05) is 61.5 Å². The van der Waals surface area contributed by atoms with Crippen LogP contribution in [0.5, 0.6) is 0 Å².